The molecule has 0 N–H and O–H groups in total. The molecule has 0 fully saturated rings. The monoisotopic (exact) mass is 308 g/mol. The first-order chi connectivity index (χ1) is 11.2. The molecule has 3 rings (SSSR count). The van der Waals surface area contributed by atoms with Crippen molar-refractivity contribution in [2.24, 2.45) is 5.92 Å². The van der Waals surface area contributed by atoms with Crippen molar-refractivity contribution in [2.75, 3.05) is 0 Å². The zero-order valence-corrected chi connectivity index (χ0v) is 15.7. The Balaban J connectivity index is 0.000000615. The highest BCUT2D eigenvalue weighted by Crippen LogP contribution is 2.46. The molecular weight excluding hydrogens is 276 g/mol. The molecule has 0 aromatic heterocycles. The molecule has 0 heterocycles. The molecule has 2 aliphatic rings. The average molecular weight is 309 g/mol. The lowest BCUT2D eigenvalue weighted by atomic mass is 9.87. The van der Waals surface area contributed by atoms with E-state index in [4.69, 9.17) is 0 Å². The molecular formula is C23H32. The molecule has 0 bridgehead atoms. The SMILES string of the molecule is C=CC1=C(c2ccccc2C)C2=CCC(C)C=C2C1.CC.CC. The molecule has 1 aromatic carbocycles. The van der Waals surface area contributed by atoms with Gasteiger partial charge >= 0.3 is 0 Å². The van der Waals surface area contributed by atoms with Gasteiger partial charge in [0.05, 0.1) is 0 Å². The van der Waals surface area contributed by atoms with E-state index >= 15 is 0 Å². The summed E-state index contributed by atoms with van der Waals surface area (Å²) in [6.45, 7) is 16.5. The summed E-state index contributed by atoms with van der Waals surface area (Å²) in [5.41, 5.74) is 8.43. The third-order valence-electron chi connectivity index (χ3n) is 4.16. The van der Waals surface area contributed by atoms with Gasteiger partial charge in [0.15, 0.2) is 0 Å². The molecule has 1 unspecified atom stereocenters. The van der Waals surface area contributed by atoms with Crippen molar-refractivity contribution >= 4 is 5.57 Å². The molecule has 0 nitrogen and oxygen atoms in total. The van der Waals surface area contributed by atoms with Gasteiger partial charge in [0.2, 0.25) is 0 Å². The molecule has 1 aromatic rings. The fourth-order valence-corrected chi connectivity index (χ4v) is 3.17. The molecule has 0 saturated carbocycles. The lowest BCUT2D eigenvalue weighted by Crippen LogP contribution is -1.99. The Bertz CT molecular complexity index is 623. The summed E-state index contributed by atoms with van der Waals surface area (Å²) >= 11 is 0. The largest absolute Gasteiger partial charge is 0.0988 e. The highest BCUT2D eigenvalue weighted by Gasteiger charge is 2.26. The highest BCUT2D eigenvalue weighted by atomic mass is 14.3. The maximum absolute atomic E-state index is 4.01. The maximum Gasteiger partial charge on any atom is -0.00166 e. The minimum Gasteiger partial charge on any atom is -0.0988 e. The number of allylic oxidation sites excluding steroid dienone is 7. The molecule has 0 saturated heterocycles. The van der Waals surface area contributed by atoms with Crippen LogP contribution in [-0.4, -0.2) is 0 Å². The van der Waals surface area contributed by atoms with Crippen molar-refractivity contribution in [1.29, 1.82) is 0 Å². The van der Waals surface area contributed by atoms with Crippen molar-refractivity contribution < 1.29 is 0 Å². The average Bonchev–Trinajstić information content (AvgIpc) is 2.96. The molecule has 124 valence electrons. The van der Waals surface area contributed by atoms with Crippen molar-refractivity contribution in [3.8, 4) is 0 Å². The Hall–Kier alpha value is -1.82. The Morgan fingerprint density at radius 2 is 1.74 bits per heavy atom. The van der Waals surface area contributed by atoms with Gasteiger partial charge in [-0.2, -0.15) is 0 Å². The lowest BCUT2D eigenvalue weighted by Gasteiger charge is -2.17. The summed E-state index contributed by atoms with van der Waals surface area (Å²) < 4.78 is 0. The predicted molar refractivity (Wildman–Crippen MR) is 106 cm³/mol. The first-order valence-corrected chi connectivity index (χ1v) is 9.04. The van der Waals surface area contributed by atoms with Crippen LogP contribution in [0.4, 0.5) is 0 Å². The summed E-state index contributed by atoms with van der Waals surface area (Å²) in [7, 11) is 0. The van der Waals surface area contributed by atoms with Crippen LogP contribution in [0.25, 0.3) is 5.57 Å². The molecule has 0 aliphatic heterocycles. The summed E-state index contributed by atoms with van der Waals surface area (Å²) in [6, 6.07) is 8.66. The second-order valence-electron chi connectivity index (χ2n) is 5.62. The summed E-state index contributed by atoms with van der Waals surface area (Å²) in [6.07, 6.45) is 9.08. The smallest absolute Gasteiger partial charge is 0.00166 e. The van der Waals surface area contributed by atoms with Crippen LogP contribution >= 0.6 is 0 Å². The standard InChI is InChI=1S/C19H20.2C2H6/c1-4-15-12-16-11-13(2)9-10-18(16)19(15)17-8-6-5-7-14(17)3;2*1-2/h4-8,10-11,13H,1,9,12H2,2-3H3;2*1-2H3. The summed E-state index contributed by atoms with van der Waals surface area (Å²) in [4.78, 5) is 0. The molecule has 1 atom stereocenters. The lowest BCUT2D eigenvalue weighted by molar-refractivity contribution is 0.724. The van der Waals surface area contributed by atoms with Gasteiger partial charge in [-0.1, -0.05) is 83.7 Å². The van der Waals surface area contributed by atoms with Crippen LogP contribution in [0, 0.1) is 12.8 Å². The fourth-order valence-electron chi connectivity index (χ4n) is 3.17. The fraction of sp³-hybridized carbons (Fsp3) is 0.391. The van der Waals surface area contributed by atoms with Crippen molar-refractivity contribution in [1.82, 2.24) is 0 Å². The van der Waals surface area contributed by atoms with Crippen LogP contribution in [0.3, 0.4) is 0 Å². The quantitative estimate of drug-likeness (QED) is 0.538. The van der Waals surface area contributed by atoms with E-state index in [1.54, 1.807) is 0 Å². The van der Waals surface area contributed by atoms with E-state index in [-0.39, 0.29) is 0 Å². The second-order valence-corrected chi connectivity index (χ2v) is 5.62. The van der Waals surface area contributed by atoms with Crippen molar-refractivity contribution in [2.45, 2.75) is 54.4 Å². The molecule has 23 heavy (non-hydrogen) atoms. The molecule has 0 heteroatoms. The molecule has 0 amide bonds. The van der Waals surface area contributed by atoms with Crippen LogP contribution in [0.2, 0.25) is 0 Å². The Morgan fingerprint density at radius 1 is 1.09 bits per heavy atom. The minimum atomic E-state index is 0.668. The number of rotatable bonds is 2. The van der Waals surface area contributed by atoms with E-state index in [0.29, 0.717) is 5.92 Å². The molecule has 0 radical (unpaired) electrons. The van der Waals surface area contributed by atoms with Gasteiger partial charge in [-0.15, -0.1) is 0 Å². The second kappa shape index (κ2) is 9.35. The van der Waals surface area contributed by atoms with Crippen LogP contribution in [0.15, 0.2) is 65.8 Å². The van der Waals surface area contributed by atoms with Gasteiger partial charge in [0, 0.05) is 0 Å². The van der Waals surface area contributed by atoms with Crippen LogP contribution in [0.1, 0.15) is 58.6 Å². The Morgan fingerprint density at radius 3 is 2.35 bits per heavy atom. The van der Waals surface area contributed by atoms with Gasteiger partial charge in [0.25, 0.3) is 0 Å². The van der Waals surface area contributed by atoms with Crippen molar-refractivity contribution in [3.05, 3.63) is 76.9 Å². The maximum atomic E-state index is 4.01. The first kappa shape index (κ1) is 19.2. The van der Waals surface area contributed by atoms with Crippen LogP contribution in [-0.2, 0) is 0 Å². The predicted octanol–water partition coefficient (Wildman–Crippen LogP) is 7.28. The number of benzene rings is 1. The van der Waals surface area contributed by atoms with Crippen LogP contribution in [0.5, 0.6) is 0 Å². The van der Waals surface area contributed by atoms with E-state index in [0.717, 1.165) is 12.8 Å². The van der Waals surface area contributed by atoms with E-state index in [2.05, 4.69) is 56.8 Å². The van der Waals surface area contributed by atoms with Gasteiger partial charge in [-0.3, -0.25) is 0 Å². The zero-order valence-electron chi connectivity index (χ0n) is 15.7. The summed E-state index contributed by atoms with van der Waals surface area (Å²) in [5.74, 6) is 0.668. The van der Waals surface area contributed by atoms with Gasteiger partial charge in [0.1, 0.15) is 0 Å². The topological polar surface area (TPSA) is 0 Å². The third kappa shape index (κ3) is 4.13. The van der Waals surface area contributed by atoms with Crippen molar-refractivity contribution in [3.63, 3.8) is 0 Å². The highest BCUT2D eigenvalue weighted by molar-refractivity contribution is 5.92. The first-order valence-electron chi connectivity index (χ1n) is 9.04. The van der Waals surface area contributed by atoms with Gasteiger partial charge in [-0.05, 0) is 59.1 Å². The van der Waals surface area contributed by atoms with Gasteiger partial charge in [-0.25, -0.2) is 0 Å². The van der Waals surface area contributed by atoms with E-state index < -0.39 is 0 Å². The van der Waals surface area contributed by atoms with E-state index in [1.165, 1.54) is 33.4 Å². The third-order valence-corrected chi connectivity index (χ3v) is 4.16. The normalized spacial score (nSPS) is 18.6. The van der Waals surface area contributed by atoms with E-state index in [9.17, 15) is 0 Å². The molecule has 2 aliphatic carbocycles. The zero-order chi connectivity index (χ0) is 17.4. The summed E-state index contributed by atoms with van der Waals surface area (Å²) in [5, 5.41) is 0. The number of hydrogen-bond acceptors (Lipinski definition) is 0. The molecule has 0 spiro atoms. The number of fused-ring (bicyclic) bond motifs is 1. The number of aryl methyl sites for hydroxylation is 1. The van der Waals surface area contributed by atoms with E-state index in [1.807, 2.05) is 33.8 Å². The Labute approximate surface area is 143 Å². The minimum absolute atomic E-state index is 0.668. The Kier molecular flexibility index (Phi) is 7.81. The van der Waals surface area contributed by atoms with Crippen LogP contribution < -0.4 is 0 Å². The number of hydrogen-bond donors (Lipinski definition) is 0. The van der Waals surface area contributed by atoms with Gasteiger partial charge < -0.3 is 0 Å².